The van der Waals surface area contributed by atoms with E-state index in [4.69, 9.17) is 34.4 Å². The van der Waals surface area contributed by atoms with Gasteiger partial charge in [-0.05, 0) is 30.4 Å². The third-order valence-corrected chi connectivity index (χ3v) is 5.61. The summed E-state index contributed by atoms with van der Waals surface area (Å²) in [6, 6.07) is 4.15. The number of aryl methyl sites for hydroxylation is 1. The van der Waals surface area contributed by atoms with Crippen LogP contribution in [-0.4, -0.2) is 91.2 Å². The molecule has 0 bridgehead atoms. The van der Waals surface area contributed by atoms with Gasteiger partial charge < -0.3 is 20.1 Å². The van der Waals surface area contributed by atoms with Crippen LogP contribution in [0.5, 0.6) is 0 Å². The van der Waals surface area contributed by atoms with E-state index >= 15 is 0 Å². The van der Waals surface area contributed by atoms with Crippen molar-refractivity contribution in [2.24, 2.45) is 13.0 Å². The molecule has 3 N–H and O–H groups in total. The number of alkyl halides is 9. The molecule has 248 valence electrons. The Morgan fingerprint density at radius 1 is 0.886 bits per heavy atom. The Kier molecular flexibility index (Phi) is 14.0. The second-order valence-electron chi connectivity index (χ2n) is 9.29. The Bertz CT molecular complexity index is 1160. The lowest BCUT2D eigenvalue weighted by molar-refractivity contribution is -0.193. The van der Waals surface area contributed by atoms with Crippen LogP contribution in [-0.2, 0) is 39.3 Å². The van der Waals surface area contributed by atoms with Crippen molar-refractivity contribution in [2.75, 3.05) is 19.8 Å². The van der Waals surface area contributed by atoms with Crippen LogP contribution < -0.4 is 0 Å². The lowest BCUT2D eigenvalue weighted by Gasteiger charge is -2.33. The van der Waals surface area contributed by atoms with Crippen LogP contribution in [0.15, 0.2) is 30.7 Å². The summed E-state index contributed by atoms with van der Waals surface area (Å²) >= 11 is 0. The predicted octanol–water partition coefficient (Wildman–Crippen LogP) is 4.24. The number of carboxylic acids is 3. The zero-order valence-corrected chi connectivity index (χ0v) is 22.7. The highest BCUT2D eigenvalue weighted by molar-refractivity contribution is 5.73. The number of carboxylic acid groups (broad SMARTS) is 3. The minimum Gasteiger partial charge on any atom is -0.475 e. The molecule has 0 radical (unpaired) electrons. The van der Waals surface area contributed by atoms with Gasteiger partial charge in [-0.1, -0.05) is 6.07 Å². The van der Waals surface area contributed by atoms with Crippen LogP contribution in [0.3, 0.4) is 0 Å². The zero-order valence-electron chi connectivity index (χ0n) is 22.7. The summed E-state index contributed by atoms with van der Waals surface area (Å²) < 4.78 is 103. The molecule has 1 saturated carbocycles. The van der Waals surface area contributed by atoms with Gasteiger partial charge in [0.25, 0.3) is 0 Å². The minimum absolute atomic E-state index is 0.419. The fourth-order valence-corrected chi connectivity index (χ4v) is 3.38. The Morgan fingerprint density at radius 3 is 1.80 bits per heavy atom. The van der Waals surface area contributed by atoms with Gasteiger partial charge in [0.1, 0.15) is 0 Å². The van der Waals surface area contributed by atoms with Crippen molar-refractivity contribution in [3.63, 3.8) is 0 Å². The lowest BCUT2D eigenvalue weighted by Crippen LogP contribution is -2.35. The van der Waals surface area contributed by atoms with Crippen molar-refractivity contribution in [3.05, 3.63) is 47.5 Å². The summed E-state index contributed by atoms with van der Waals surface area (Å²) in [7, 11) is 2.04. The molecule has 0 amide bonds. The van der Waals surface area contributed by atoms with Gasteiger partial charge in [0, 0.05) is 57.2 Å². The fourth-order valence-electron chi connectivity index (χ4n) is 3.38. The summed E-state index contributed by atoms with van der Waals surface area (Å²) in [4.78, 5) is 33.4. The van der Waals surface area contributed by atoms with Crippen molar-refractivity contribution < 1.29 is 74.0 Å². The first-order chi connectivity index (χ1) is 20.1. The van der Waals surface area contributed by atoms with Gasteiger partial charge in [0.05, 0.1) is 18.5 Å². The van der Waals surface area contributed by atoms with Crippen LogP contribution in [0.25, 0.3) is 0 Å². The molecule has 1 aliphatic carbocycles. The second kappa shape index (κ2) is 16.2. The number of halogens is 9. The first-order valence-corrected chi connectivity index (χ1v) is 12.2. The third kappa shape index (κ3) is 14.5. The van der Waals surface area contributed by atoms with Crippen LogP contribution in [0.2, 0.25) is 0 Å². The van der Waals surface area contributed by atoms with E-state index in [0.29, 0.717) is 5.92 Å². The van der Waals surface area contributed by atoms with Gasteiger partial charge in [0.15, 0.2) is 0 Å². The highest BCUT2D eigenvalue weighted by atomic mass is 19.4. The molecule has 0 spiro atoms. The molecular weight excluding hydrogens is 627 g/mol. The maximum absolute atomic E-state index is 10.6. The molecule has 2 aliphatic rings. The fraction of sp³-hybridized carbons (Fsp3) is 0.542. The molecule has 0 saturated heterocycles. The summed E-state index contributed by atoms with van der Waals surface area (Å²) in [5, 5.41) is 25.8. The number of pyridine rings is 1. The first kappa shape index (κ1) is 38.1. The topological polar surface area (TPSA) is 155 Å². The second-order valence-corrected chi connectivity index (χ2v) is 9.29. The quantitative estimate of drug-likeness (QED) is 0.386. The number of carbonyl (C=O) groups is 3. The van der Waals surface area contributed by atoms with E-state index in [1.807, 2.05) is 36.4 Å². The van der Waals surface area contributed by atoms with E-state index in [9.17, 15) is 39.5 Å². The maximum atomic E-state index is 10.6. The normalized spacial score (nSPS) is 16.5. The highest BCUT2D eigenvalue weighted by Gasteiger charge is 2.39. The molecule has 4 rings (SSSR count). The molecule has 3 heterocycles. The molecule has 2 aromatic heterocycles. The largest absolute Gasteiger partial charge is 0.490 e. The van der Waals surface area contributed by atoms with Crippen LogP contribution >= 0.6 is 0 Å². The number of aliphatic carboxylic acids is 3. The summed E-state index contributed by atoms with van der Waals surface area (Å²) in [5.41, 5.74) is 3.95. The molecule has 0 aromatic carbocycles. The van der Waals surface area contributed by atoms with E-state index in [0.717, 1.165) is 38.8 Å². The van der Waals surface area contributed by atoms with E-state index in [1.165, 1.54) is 29.7 Å². The lowest BCUT2D eigenvalue weighted by atomic mass is 9.95. The van der Waals surface area contributed by atoms with Gasteiger partial charge in [-0.25, -0.2) is 14.4 Å². The summed E-state index contributed by atoms with van der Waals surface area (Å²) in [6.07, 6.45) is -6.75. The minimum atomic E-state index is -5.08. The van der Waals surface area contributed by atoms with Crippen molar-refractivity contribution in [2.45, 2.75) is 50.4 Å². The van der Waals surface area contributed by atoms with Gasteiger partial charge in [-0.3, -0.25) is 14.6 Å². The average Bonchev–Trinajstić information content (AvgIpc) is 3.65. The number of aromatic nitrogens is 3. The monoisotopic (exact) mass is 654 g/mol. The summed E-state index contributed by atoms with van der Waals surface area (Å²) in [5.74, 6) is -7.03. The van der Waals surface area contributed by atoms with E-state index < -0.39 is 36.4 Å². The smallest absolute Gasteiger partial charge is 0.475 e. The molecule has 44 heavy (non-hydrogen) atoms. The SMILES string of the molecule is Cn1ncc2c1CN(Cc1cccnc1)CC2COCC1CC1.O=C(O)C(F)(F)F.O=C(O)C(F)(F)F.O=C(O)C(F)(F)F. The molecule has 1 atom stereocenters. The average molecular weight is 654 g/mol. The van der Waals surface area contributed by atoms with Gasteiger partial charge in [0.2, 0.25) is 0 Å². The number of ether oxygens (including phenoxy) is 1. The molecule has 1 aliphatic heterocycles. The Morgan fingerprint density at radius 2 is 1.39 bits per heavy atom. The summed E-state index contributed by atoms with van der Waals surface area (Å²) in [6.45, 7) is 4.63. The van der Waals surface area contributed by atoms with Crippen molar-refractivity contribution in [1.29, 1.82) is 0 Å². The number of hydrogen-bond donors (Lipinski definition) is 3. The molecular formula is C24H27F9N4O7. The molecule has 1 fully saturated rings. The van der Waals surface area contributed by atoms with Gasteiger partial charge in [-0.15, -0.1) is 0 Å². The standard InChI is InChI=1S/C18H24N4O.3C2HF3O2/c1-21-18-11-22(9-15-3-2-6-19-7-15)10-16(17(18)8-20-21)13-23-12-14-4-5-14;3*3-2(4,5)1(6)7/h2-3,6-8,14,16H,4-5,9-13H2,1H3;3*(H,6,7). The third-order valence-electron chi connectivity index (χ3n) is 5.61. The van der Waals surface area contributed by atoms with Crippen molar-refractivity contribution in [1.82, 2.24) is 19.7 Å². The molecule has 1 unspecified atom stereocenters. The molecule has 2 aromatic rings. The van der Waals surface area contributed by atoms with Gasteiger partial charge >= 0.3 is 36.4 Å². The highest BCUT2D eigenvalue weighted by Crippen LogP contribution is 2.32. The zero-order chi connectivity index (χ0) is 33.9. The maximum Gasteiger partial charge on any atom is 0.490 e. The first-order valence-electron chi connectivity index (χ1n) is 12.2. The Hall–Kier alpha value is -3.94. The van der Waals surface area contributed by atoms with E-state index in [1.54, 1.807) is 0 Å². The molecule has 11 nitrogen and oxygen atoms in total. The van der Waals surface area contributed by atoms with Crippen molar-refractivity contribution in [3.8, 4) is 0 Å². The number of fused-ring (bicyclic) bond motifs is 1. The number of hydrogen-bond acceptors (Lipinski definition) is 7. The molecule has 20 heteroatoms. The van der Waals surface area contributed by atoms with Crippen LogP contribution in [0.1, 0.15) is 35.6 Å². The van der Waals surface area contributed by atoms with E-state index in [2.05, 4.69) is 21.0 Å². The Labute approximate surface area is 242 Å². The van der Waals surface area contributed by atoms with E-state index in [-0.39, 0.29) is 0 Å². The number of rotatable bonds is 6. The number of nitrogens with zero attached hydrogens (tertiary/aromatic N) is 4. The van der Waals surface area contributed by atoms with Crippen LogP contribution in [0, 0.1) is 5.92 Å². The van der Waals surface area contributed by atoms with Gasteiger partial charge in [-0.2, -0.15) is 44.6 Å². The van der Waals surface area contributed by atoms with Crippen molar-refractivity contribution >= 4 is 17.9 Å². The van der Waals surface area contributed by atoms with Crippen LogP contribution in [0.4, 0.5) is 39.5 Å². The predicted molar refractivity (Wildman–Crippen MR) is 129 cm³/mol. The Balaban J connectivity index is 0.000000379.